The van der Waals surface area contributed by atoms with Crippen LogP contribution in [0.15, 0.2) is 18.2 Å². The molecule has 0 radical (unpaired) electrons. The third-order valence-electron chi connectivity index (χ3n) is 2.19. The normalized spacial score (nSPS) is 12.3. The van der Waals surface area contributed by atoms with E-state index in [0.29, 0.717) is 23.5 Å². The highest BCUT2D eigenvalue weighted by atomic mass is 16.5. The van der Waals surface area contributed by atoms with Crippen molar-refractivity contribution in [3.8, 4) is 11.5 Å². The van der Waals surface area contributed by atoms with Gasteiger partial charge in [-0.15, -0.1) is 0 Å². The van der Waals surface area contributed by atoms with Gasteiger partial charge in [0.05, 0.1) is 20.3 Å². The van der Waals surface area contributed by atoms with Crippen LogP contribution in [0.1, 0.15) is 18.1 Å². The van der Waals surface area contributed by atoms with E-state index >= 15 is 0 Å². The summed E-state index contributed by atoms with van der Waals surface area (Å²) in [7, 11) is 3.10. The lowest BCUT2D eigenvalue weighted by Gasteiger charge is -2.13. The molecule has 1 rings (SSSR count). The van der Waals surface area contributed by atoms with E-state index in [1.807, 2.05) is 0 Å². The number of benzene rings is 1. The Morgan fingerprint density at radius 1 is 1.20 bits per heavy atom. The molecule has 1 aromatic rings. The highest BCUT2D eigenvalue weighted by Gasteiger charge is 2.10. The number of aliphatic hydroxyl groups excluding tert-OH is 2. The first kappa shape index (κ1) is 11.8. The first-order chi connectivity index (χ1) is 7.22. The van der Waals surface area contributed by atoms with Gasteiger partial charge in [-0.05, 0) is 17.7 Å². The summed E-state index contributed by atoms with van der Waals surface area (Å²) in [5.41, 5.74) is 0.710. The van der Waals surface area contributed by atoms with Crippen molar-refractivity contribution >= 4 is 0 Å². The Hall–Kier alpha value is -1.26. The minimum Gasteiger partial charge on any atom is -0.493 e. The molecule has 0 aliphatic rings. The maximum absolute atomic E-state index is 9.65. The molecular formula is C11H16O4. The molecule has 4 nitrogen and oxygen atoms in total. The van der Waals surface area contributed by atoms with Gasteiger partial charge in [0.2, 0.25) is 0 Å². The topological polar surface area (TPSA) is 58.9 Å². The van der Waals surface area contributed by atoms with Crippen molar-refractivity contribution < 1.29 is 19.7 Å². The smallest absolute Gasteiger partial charge is 0.161 e. The number of rotatable bonds is 5. The van der Waals surface area contributed by atoms with E-state index in [2.05, 4.69) is 0 Å². The average Bonchev–Trinajstić information content (AvgIpc) is 2.28. The van der Waals surface area contributed by atoms with Crippen LogP contribution in [0.25, 0.3) is 0 Å². The molecule has 0 aliphatic heterocycles. The Bertz CT molecular complexity index is 311. The fraction of sp³-hybridized carbons (Fsp3) is 0.455. The van der Waals surface area contributed by atoms with Crippen LogP contribution >= 0.6 is 0 Å². The maximum atomic E-state index is 9.65. The fourth-order valence-corrected chi connectivity index (χ4v) is 1.35. The molecule has 0 aromatic heterocycles. The molecule has 0 spiro atoms. The number of methoxy groups -OCH3 is 2. The van der Waals surface area contributed by atoms with E-state index < -0.39 is 6.10 Å². The molecule has 0 aliphatic carbocycles. The molecule has 4 heteroatoms. The summed E-state index contributed by atoms with van der Waals surface area (Å²) in [4.78, 5) is 0. The Kier molecular flexibility index (Phi) is 4.39. The van der Waals surface area contributed by atoms with Gasteiger partial charge in [0, 0.05) is 13.0 Å². The Labute approximate surface area is 89.1 Å². The zero-order valence-corrected chi connectivity index (χ0v) is 8.93. The van der Waals surface area contributed by atoms with E-state index in [0.717, 1.165) is 0 Å². The van der Waals surface area contributed by atoms with Crippen molar-refractivity contribution in [1.29, 1.82) is 0 Å². The second-order valence-electron chi connectivity index (χ2n) is 3.14. The summed E-state index contributed by atoms with van der Waals surface area (Å²) in [5.74, 6) is 1.20. The predicted molar refractivity (Wildman–Crippen MR) is 56.2 cm³/mol. The van der Waals surface area contributed by atoms with Gasteiger partial charge in [-0.3, -0.25) is 0 Å². The van der Waals surface area contributed by atoms with Crippen LogP contribution < -0.4 is 9.47 Å². The summed E-state index contributed by atoms with van der Waals surface area (Å²) in [6.07, 6.45) is -0.357. The van der Waals surface area contributed by atoms with Gasteiger partial charge in [-0.2, -0.15) is 0 Å². The van der Waals surface area contributed by atoms with Crippen molar-refractivity contribution in [2.24, 2.45) is 0 Å². The molecule has 1 atom stereocenters. The SMILES string of the molecule is COc1ccc(C(O)CCO)cc1OC. The molecule has 0 saturated carbocycles. The van der Waals surface area contributed by atoms with Crippen LogP contribution in [0.4, 0.5) is 0 Å². The van der Waals surface area contributed by atoms with Crippen LogP contribution in [-0.4, -0.2) is 31.0 Å². The van der Waals surface area contributed by atoms with Gasteiger partial charge >= 0.3 is 0 Å². The monoisotopic (exact) mass is 212 g/mol. The number of aliphatic hydroxyl groups is 2. The van der Waals surface area contributed by atoms with Gasteiger partial charge in [-0.25, -0.2) is 0 Å². The molecule has 1 unspecified atom stereocenters. The van der Waals surface area contributed by atoms with Crippen molar-refractivity contribution in [3.63, 3.8) is 0 Å². The lowest BCUT2D eigenvalue weighted by atomic mass is 10.1. The van der Waals surface area contributed by atoms with Crippen LogP contribution in [0, 0.1) is 0 Å². The van der Waals surface area contributed by atoms with Gasteiger partial charge in [0.25, 0.3) is 0 Å². The quantitative estimate of drug-likeness (QED) is 0.768. The predicted octanol–water partition coefficient (Wildman–Crippen LogP) is 1.12. The lowest BCUT2D eigenvalue weighted by molar-refractivity contribution is 0.134. The zero-order valence-electron chi connectivity index (χ0n) is 8.93. The van der Waals surface area contributed by atoms with E-state index in [4.69, 9.17) is 14.6 Å². The molecule has 1 aromatic carbocycles. The summed E-state index contributed by atoms with van der Waals surface area (Å²) in [6, 6.07) is 5.19. The molecule has 0 bridgehead atoms. The Balaban J connectivity index is 2.92. The molecule has 2 N–H and O–H groups in total. The Morgan fingerprint density at radius 2 is 1.87 bits per heavy atom. The molecule has 84 valence electrons. The molecule has 0 amide bonds. The van der Waals surface area contributed by atoms with E-state index in [1.165, 1.54) is 0 Å². The van der Waals surface area contributed by atoms with Crippen molar-refractivity contribution in [2.75, 3.05) is 20.8 Å². The van der Waals surface area contributed by atoms with Gasteiger partial charge in [0.1, 0.15) is 0 Å². The second-order valence-corrected chi connectivity index (χ2v) is 3.14. The second kappa shape index (κ2) is 5.58. The summed E-state index contributed by atoms with van der Waals surface area (Å²) < 4.78 is 10.2. The van der Waals surface area contributed by atoms with Crippen molar-refractivity contribution in [2.45, 2.75) is 12.5 Å². The molecule has 0 heterocycles. The molecule has 15 heavy (non-hydrogen) atoms. The van der Waals surface area contributed by atoms with E-state index in [1.54, 1.807) is 32.4 Å². The van der Waals surface area contributed by atoms with E-state index in [-0.39, 0.29) is 6.61 Å². The van der Waals surface area contributed by atoms with Crippen LogP contribution in [0.3, 0.4) is 0 Å². The lowest BCUT2D eigenvalue weighted by Crippen LogP contribution is -2.01. The van der Waals surface area contributed by atoms with Gasteiger partial charge in [0.15, 0.2) is 11.5 Å². The zero-order chi connectivity index (χ0) is 11.3. The Morgan fingerprint density at radius 3 is 2.40 bits per heavy atom. The fourth-order valence-electron chi connectivity index (χ4n) is 1.35. The van der Waals surface area contributed by atoms with Crippen LogP contribution in [0.5, 0.6) is 11.5 Å². The van der Waals surface area contributed by atoms with Crippen molar-refractivity contribution in [3.05, 3.63) is 23.8 Å². The third kappa shape index (κ3) is 2.84. The third-order valence-corrected chi connectivity index (χ3v) is 2.19. The molecular weight excluding hydrogens is 196 g/mol. The van der Waals surface area contributed by atoms with Gasteiger partial charge < -0.3 is 19.7 Å². The number of ether oxygens (including phenoxy) is 2. The number of hydrogen-bond donors (Lipinski definition) is 2. The summed E-state index contributed by atoms with van der Waals surface area (Å²) >= 11 is 0. The summed E-state index contributed by atoms with van der Waals surface area (Å²) in [6.45, 7) is -0.0461. The minimum absolute atomic E-state index is 0.0461. The first-order valence-corrected chi connectivity index (χ1v) is 4.73. The summed E-state index contributed by atoms with van der Waals surface area (Å²) in [5, 5.41) is 18.4. The van der Waals surface area contributed by atoms with Crippen molar-refractivity contribution in [1.82, 2.24) is 0 Å². The number of hydrogen-bond acceptors (Lipinski definition) is 4. The average molecular weight is 212 g/mol. The minimum atomic E-state index is -0.671. The van der Waals surface area contributed by atoms with Crippen LogP contribution in [-0.2, 0) is 0 Å². The van der Waals surface area contributed by atoms with Gasteiger partial charge in [-0.1, -0.05) is 6.07 Å². The van der Waals surface area contributed by atoms with Crippen LogP contribution in [0.2, 0.25) is 0 Å². The molecule has 0 saturated heterocycles. The van der Waals surface area contributed by atoms with E-state index in [9.17, 15) is 5.11 Å². The largest absolute Gasteiger partial charge is 0.493 e. The highest BCUT2D eigenvalue weighted by molar-refractivity contribution is 5.43. The first-order valence-electron chi connectivity index (χ1n) is 4.73. The molecule has 0 fully saturated rings. The standard InChI is InChI=1S/C11H16O4/c1-14-10-4-3-8(7-11(10)15-2)9(13)5-6-12/h3-4,7,9,12-13H,5-6H2,1-2H3. The maximum Gasteiger partial charge on any atom is 0.161 e. The highest BCUT2D eigenvalue weighted by Crippen LogP contribution is 2.30.